The molecule has 1 aliphatic rings. The number of rotatable bonds is 6. The molecule has 98 valence electrons. The van der Waals surface area contributed by atoms with Gasteiger partial charge < -0.3 is 5.32 Å². The van der Waals surface area contributed by atoms with E-state index in [2.05, 4.69) is 5.32 Å². The lowest BCUT2D eigenvalue weighted by Gasteiger charge is -2.02. The number of thioether (sulfide) groups is 1. The summed E-state index contributed by atoms with van der Waals surface area (Å²) in [5.74, 6) is 0.444. The van der Waals surface area contributed by atoms with Gasteiger partial charge >= 0.3 is 0 Å². The fourth-order valence-electron chi connectivity index (χ4n) is 1.34. The topological polar surface area (TPSA) is 46.2 Å². The van der Waals surface area contributed by atoms with Gasteiger partial charge in [0.25, 0.3) is 0 Å². The van der Waals surface area contributed by atoms with Crippen LogP contribution < -0.4 is 5.32 Å². The molecule has 1 aliphatic carbocycles. The molecule has 1 aromatic rings. The van der Waals surface area contributed by atoms with Crippen LogP contribution in [0.15, 0.2) is 6.07 Å². The normalized spacial score (nSPS) is 14.6. The zero-order valence-electron chi connectivity index (χ0n) is 9.37. The highest BCUT2D eigenvalue weighted by molar-refractivity contribution is 8.00. The number of thiophene rings is 1. The SMILES string of the molecule is O=C(CSCC(=O)c1cc(Cl)sc1Cl)NC1CC1. The van der Waals surface area contributed by atoms with Gasteiger partial charge in [0.05, 0.1) is 15.8 Å². The third kappa shape index (κ3) is 4.16. The first-order chi connectivity index (χ1) is 8.56. The second kappa shape index (κ2) is 6.28. The number of carbonyl (C=O) groups is 2. The lowest BCUT2D eigenvalue weighted by atomic mass is 10.2. The van der Waals surface area contributed by atoms with E-state index in [0.717, 1.165) is 12.8 Å². The van der Waals surface area contributed by atoms with E-state index in [1.807, 2.05) is 0 Å². The van der Waals surface area contributed by atoms with E-state index < -0.39 is 0 Å². The molecule has 7 heteroatoms. The maximum Gasteiger partial charge on any atom is 0.230 e. The molecule has 1 aromatic heterocycles. The Labute approximate surface area is 123 Å². The minimum atomic E-state index is -0.0904. The molecular weight excluding hydrogens is 313 g/mol. The van der Waals surface area contributed by atoms with Crippen LogP contribution in [0.3, 0.4) is 0 Å². The lowest BCUT2D eigenvalue weighted by Crippen LogP contribution is -2.27. The molecule has 1 fully saturated rings. The third-order valence-corrected chi connectivity index (χ3v) is 4.79. The molecule has 1 saturated carbocycles. The molecule has 2 rings (SSSR count). The molecule has 1 N–H and O–H groups in total. The van der Waals surface area contributed by atoms with Gasteiger partial charge in [-0.25, -0.2) is 0 Å². The Morgan fingerprint density at radius 1 is 1.39 bits per heavy atom. The molecule has 1 amide bonds. The fourth-order valence-corrected chi connectivity index (χ4v) is 3.55. The van der Waals surface area contributed by atoms with Crippen LogP contribution in [0.25, 0.3) is 0 Å². The number of nitrogens with one attached hydrogen (secondary N) is 1. The standard InChI is InChI=1S/C11H11Cl2NO2S2/c12-9-3-7(11(13)18-9)8(15)4-17-5-10(16)14-6-1-2-6/h3,6H,1-2,4-5H2,(H,14,16). The van der Waals surface area contributed by atoms with Crippen LogP contribution in [0.5, 0.6) is 0 Å². The molecule has 0 atom stereocenters. The van der Waals surface area contributed by atoms with Crippen molar-refractivity contribution in [1.29, 1.82) is 0 Å². The van der Waals surface area contributed by atoms with Gasteiger partial charge in [-0.15, -0.1) is 23.1 Å². The van der Waals surface area contributed by atoms with E-state index in [0.29, 0.717) is 26.0 Å². The Bertz CT molecular complexity index is 472. The van der Waals surface area contributed by atoms with Crippen molar-refractivity contribution in [3.05, 3.63) is 20.3 Å². The van der Waals surface area contributed by atoms with Crippen LogP contribution in [-0.4, -0.2) is 29.2 Å². The zero-order chi connectivity index (χ0) is 13.1. The van der Waals surface area contributed by atoms with Crippen molar-refractivity contribution in [2.24, 2.45) is 0 Å². The molecule has 0 saturated heterocycles. The number of Topliss-reactive ketones (excluding diaryl/α,β-unsaturated/α-hetero) is 1. The predicted molar refractivity (Wildman–Crippen MR) is 77.2 cm³/mol. The van der Waals surface area contributed by atoms with Crippen LogP contribution in [0.4, 0.5) is 0 Å². The van der Waals surface area contributed by atoms with Crippen LogP contribution >= 0.6 is 46.3 Å². The Morgan fingerprint density at radius 3 is 2.67 bits per heavy atom. The van der Waals surface area contributed by atoms with Crippen molar-refractivity contribution in [1.82, 2.24) is 5.32 Å². The van der Waals surface area contributed by atoms with Gasteiger partial charge in [-0.3, -0.25) is 9.59 Å². The monoisotopic (exact) mass is 323 g/mol. The van der Waals surface area contributed by atoms with E-state index in [1.165, 1.54) is 23.1 Å². The van der Waals surface area contributed by atoms with Crippen molar-refractivity contribution in [3.8, 4) is 0 Å². The highest BCUT2D eigenvalue weighted by Gasteiger charge is 2.23. The molecule has 18 heavy (non-hydrogen) atoms. The Balaban J connectivity index is 1.74. The second-order valence-electron chi connectivity index (χ2n) is 4.00. The largest absolute Gasteiger partial charge is 0.353 e. The van der Waals surface area contributed by atoms with Crippen molar-refractivity contribution in [2.45, 2.75) is 18.9 Å². The van der Waals surface area contributed by atoms with E-state index in [1.54, 1.807) is 6.07 Å². The van der Waals surface area contributed by atoms with Gasteiger partial charge in [0.1, 0.15) is 4.34 Å². The maximum absolute atomic E-state index is 11.8. The van der Waals surface area contributed by atoms with Gasteiger partial charge in [0.15, 0.2) is 5.78 Å². The molecule has 1 heterocycles. The average Bonchev–Trinajstić information content (AvgIpc) is 3.02. The smallest absolute Gasteiger partial charge is 0.230 e. The maximum atomic E-state index is 11.8. The molecule has 0 aliphatic heterocycles. The van der Waals surface area contributed by atoms with Gasteiger partial charge in [-0.2, -0.15) is 0 Å². The molecular formula is C11H11Cl2NO2S2. The second-order valence-corrected chi connectivity index (χ2v) is 7.27. The third-order valence-electron chi connectivity index (χ3n) is 2.37. The lowest BCUT2D eigenvalue weighted by molar-refractivity contribution is -0.118. The van der Waals surface area contributed by atoms with Crippen LogP contribution in [0, 0.1) is 0 Å². The molecule has 0 unspecified atom stereocenters. The van der Waals surface area contributed by atoms with E-state index >= 15 is 0 Å². The number of hydrogen-bond acceptors (Lipinski definition) is 4. The van der Waals surface area contributed by atoms with Crippen LogP contribution in [-0.2, 0) is 4.79 Å². The average molecular weight is 324 g/mol. The quantitative estimate of drug-likeness (QED) is 0.817. The van der Waals surface area contributed by atoms with Crippen LogP contribution in [0.2, 0.25) is 8.67 Å². The minimum absolute atomic E-state index is 0.00949. The number of halogens is 2. The summed E-state index contributed by atoms with van der Waals surface area (Å²) in [5.41, 5.74) is 0.446. The Morgan fingerprint density at radius 2 is 2.11 bits per heavy atom. The van der Waals surface area contributed by atoms with Crippen molar-refractivity contribution in [2.75, 3.05) is 11.5 Å². The number of hydrogen-bond donors (Lipinski definition) is 1. The number of ketones is 1. The van der Waals surface area contributed by atoms with Crippen LogP contribution in [0.1, 0.15) is 23.2 Å². The first-order valence-electron chi connectivity index (χ1n) is 5.41. The van der Waals surface area contributed by atoms with E-state index in [9.17, 15) is 9.59 Å². The summed E-state index contributed by atoms with van der Waals surface area (Å²) in [6.45, 7) is 0. The van der Waals surface area contributed by atoms with Gasteiger partial charge in [-0.1, -0.05) is 23.2 Å². The summed E-state index contributed by atoms with van der Waals surface area (Å²) in [6, 6.07) is 1.93. The molecule has 0 bridgehead atoms. The summed E-state index contributed by atoms with van der Waals surface area (Å²) >= 11 is 14.1. The van der Waals surface area contributed by atoms with Gasteiger partial charge in [0.2, 0.25) is 5.91 Å². The van der Waals surface area contributed by atoms with Gasteiger partial charge in [-0.05, 0) is 18.9 Å². The van der Waals surface area contributed by atoms with Gasteiger partial charge in [0, 0.05) is 11.6 Å². The zero-order valence-corrected chi connectivity index (χ0v) is 12.5. The number of amides is 1. The number of carbonyl (C=O) groups excluding carboxylic acids is 2. The van der Waals surface area contributed by atoms with Crippen molar-refractivity contribution >= 4 is 58.0 Å². The summed E-state index contributed by atoms with van der Waals surface area (Å²) in [7, 11) is 0. The molecule has 0 aromatic carbocycles. The Hall–Kier alpha value is -0.230. The fraction of sp³-hybridized carbons (Fsp3) is 0.455. The minimum Gasteiger partial charge on any atom is -0.353 e. The first kappa shape index (κ1) is 14.2. The summed E-state index contributed by atoms with van der Waals surface area (Å²) < 4.78 is 0.910. The summed E-state index contributed by atoms with van der Waals surface area (Å²) in [4.78, 5) is 23.2. The summed E-state index contributed by atoms with van der Waals surface area (Å²) in [6.07, 6.45) is 2.14. The van der Waals surface area contributed by atoms with E-state index in [4.69, 9.17) is 23.2 Å². The summed E-state index contributed by atoms with van der Waals surface area (Å²) in [5, 5.41) is 2.87. The van der Waals surface area contributed by atoms with Crippen molar-refractivity contribution < 1.29 is 9.59 Å². The predicted octanol–water partition coefficient (Wildman–Crippen LogP) is 3.25. The first-order valence-corrected chi connectivity index (χ1v) is 8.14. The van der Waals surface area contributed by atoms with E-state index in [-0.39, 0.29) is 17.4 Å². The molecule has 0 spiro atoms. The highest BCUT2D eigenvalue weighted by Crippen LogP contribution is 2.31. The highest BCUT2D eigenvalue weighted by atomic mass is 35.5. The molecule has 3 nitrogen and oxygen atoms in total. The Kier molecular flexibility index (Phi) is 4.95. The van der Waals surface area contributed by atoms with Crippen molar-refractivity contribution in [3.63, 3.8) is 0 Å². The molecule has 0 radical (unpaired) electrons.